The Kier molecular flexibility index (Phi) is 5.19. The molecule has 6 heteroatoms. The Labute approximate surface area is 140 Å². The summed E-state index contributed by atoms with van der Waals surface area (Å²) in [5.74, 6) is -0.596. The average Bonchev–Trinajstić information content (AvgIpc) is 2.40. The molecule has 4 nitrogen and oxygen atoms in total. The van der Waals surface area contributed by atoms with Crippen LogP contribution in [-0.2, 0) is 11.2 Å². The number of amides is 2. The Bertz CT molecular complexity index is 687. The fourth-order valence-corrected chi connectivity index (χ4v) is 2.90. The van der Waals surface area contributed by atoms with Gasteiger partial charge < -0.3 is 11.1 Å². The predicted octanol–water partition coefficient (Wildman–Crippen LogP) is 3.22. The van der Waals surface area contributed by atoms with Gasteiger partial charge in [-0.3, -0.25) is 9.59 Å². The van der Waals surface area contributed by atoms with E-state index in [4.69, 9.17) is 17.3 Å². The van der Waals surface area contributed by atoms with Gasteiger partial charge in [0.25, 0.3) is 5.91 Å². The lowest BCUT2D eigenvalue weighted by Crippen LogP contribution is -2.14. The van der Waals surface area contributed by atoms with E-state index in [1.165, 1.54) is 0 Å². The van der Waals surface area contributed by atoms with E-state index in [1.807, 2.05) is 0 Å². The third kappa shape index (κ3) is 4.44. The van der Waals surface area contributed by atoms with Crippen molar-refractivity contribution in [3.8, 4) is 0 Å². The van der Waals surface area contributed by atoms with Gasteiger partial charge in [-0.25, -0.2) is 0 Å². The van der Waals surface area contributed by atoms with Gasteiger partial charge in [0.05, 0.1) is 12.0 Å². The molecule has 0 radical (unpaired) electrons. The monoisotopic (exact) mass is 414 g/mol. The van der Waals surface area contributed by atoms with Crippen LogP contribution in [0.2, 0.25) is 5.02 Å². The third-order valence-corrected chi connectivity index (χ3v) is 3.89. The van der Waals surface area contributed by atoms with Gasteiger partial charge in [-0.2, -0.15) is 0 Å². The van der Waals surface area contributed by atoms with E-state index in [0.29, 0.717) is 16.3 Å². The topological polar surface area (TPSA) is 72.2 Å². The first-order valence-electron chi connectivity index (χ1n) is 6.09. The maximum absolute atomic E-state index is 12.2. The smallest absolute Gasteiger partial charge is 0.256 e. The van der Waals surface area contributed by atoms with E-state index >= 15 is 0 Å². The Morgan fingerprint density at radius 3 is 2.38 bits per heavy atom. The molecule has 0 bridgehead atoms. The highest BCUT2D eigenvalue weighted by molar-refractivity contribution is 14.1. The largest absolute Gasteiger partial charge is 0.369 e. The standard InChI is InChI=1S/C15H12ClIN2O2/c16-10-3-6-12(13(17)8-10)15(21)19-11-4-1-9(2-5-11)7-14(18)20/h1-6,8H,7H2,(H2,18,20)(H,19,21). The molecule has 0 saturated carbocycles. The molecule has 0 atom stereocenters. The molecule has 2 aromatic rings. The van der Waals surface area contributed by atoms with Gasteiger partial charge in [0.15, 0.2) is 0 Å². The van der Waals surface area contributed by atoms with Crippen molar-refractivity contribution in [2.45, 2.75) is 6.42 Å². The van der Waals surface area contributed by atoms with Crippen LogP contribution in [-0.4, -0.2) is 11.8 Å². The van der Waals surface area contributed by atoms with Gasteiger partial charge in [-0.15, -0.1) is 0 Å². The summed E-state index contributed by atoms with van der Waals surface area (Å²) >= 11 is 7.93. The summed E-state index contributed by atoms with van der Waals surface area (Å²) in [6.07, 6.45) is 0.184. The van der Waals surface area contributed by atoms with Crippen LogP contribution in [0.5, 0.6) is 0 Å². The Morgan fingerprint density at radius 1 is 1.14 bits per heavy atom. The first kappa shape index (κ1) is 15.8. The van der Waals surface area contributed by atoms with Crippen LogP contribution in [0.1, 0.15) is 15.9 Å². The minimum Gasteiger partial charge on any atom is -0.369 e. The van der Waals surface area contributed by atoms with Crippen LogP contribution in [0.25, 0.3) is 0 Å². The number of nitrogens with one attached hydrogen (secondary N) is 1. The molecule has 0 aliphatic heterocycles. The molecular formula is C15H12ClIN2O2. The fraction of sp³-hybridized carbons (Fsp3) is 0.0667. The summed E-state index contributed by atoms with van der Waals surface area (Å²) in [7, 11) is 0. The van der Waals surface area contributed by atoms with E-state index in [-0.39, 0.29) is 18.2 Å². The summed E-state index contributed by atoms with van der Waals surface area (Å²) in [5, 5.41) is 3.39. The van der Waals surface area contributed by atoms with Crippen molar-refractivity contribution in [1.82, 2.24) is 0 Å². The molecule has 0 unspecified atom stereocenters. The molecule has 21 heavy (non-hydrogen) atoms. The summed E-state index contributed by atoms with van der Waals surface area (Å²) < 4.78 is 0.781. The molecule has 0 fully saturated rings. The molecule has 3 N–H and O–H groups in total. The summed E-state index contributed by atoms with van der Waals surface area (Å²) in [4.78, 5) is 23.0. The first-order valence-corrected chi connectivity index (χ1v) is 7.55. The Morgan fingerprint density at radius 2 is 1.81 bits per heavy atom. The molecule has 0 aliphatic carbocycles. The van der Waals surface area contributed by atoms with Gasteiger partial charge in [-0.1, -0.05) is 23.7 Å². The van der Waals surface area contributed by atoms with Crippen LogP contribution in [0.3, 0.4) is 0 Å². The van der Waals surface area contributed by atoms with Gasteiger partial charge in [0, 0.05) is 14.3 Å². The van der Waals surface area contributed by atoms with Crippen molar-refractivity contribution in [1.29, 1.82) is 0 Å². The van der Waals surface area contributed by atoms with Crippen molar-refractivity contribution < 1.29 is 9.59 Å². The molecule has 2 rings (SSSR count). The van der Waals surface area contributed by atoms with Crippen molar-refractivity contribution in [2.75, 3.05) is 5.32 Å². The first-order chi connectivity index (χ1) is 9.95. The highest BCUT2D eigenvalue weighted by atomic mass is 127. The zero-order valence-corrected chi connectivity index (χ0v) is 13.8. The average molecular weight is 415 g/mol. The molecule has 0 saturated heterocycles. The maximum Gasteiger partial charge on any atom is 0.256 e. The molecule has 0 spiro atoms. The second-order valence-electron chi connectivity index (χ2n) is 4.42. The SMILES string of the molecule is NC(=O)Cc1ccc(NC(=O)c2ccc(Cl)cc2I)cc1. The zero-order chi connectivity index (χ0) is 15.4. The molecule has 108 valence electrons. The van der Waals surface area contributed by atoms with E-state index in [1.54, 1.807) is 42.5 Å². The van der Waals surface area contributed by atoms with Crippen molar-refractivity contribution in [3.05, 3.63) is 62.2 Å². The van der Waals surface area contributed by atoms with Gasteiger partial charge in [-0.05, 0) is 58.5 Å². The number of anilines is 1. The number of carbonyl (C=O) groups is 2. The minimum absolute atomic E-state index is 0.184. The van der Waals surface area contributed by atoms with Crippen LogP contribution < -0.4 is 11.1 Å². The lowest BCUT2D eigenvalue weighted by molar-refractivity contribution is -0.117. The predicted molar refractivity (Wildman–Crippen MR) is 91.5 cm³/mol. The zero-order valence-electron chi connectivity index (χ0n) is 10.9. The van der Waals surface area contributed by atoms with Crippen LogP contribution in [0.15, 0.2) is 42.5 Å². The molecule has 2 amide bonds. The maximum atomic E-state index is 12.2. The van der Waals surface area contributed by atoms with Crippen LogP contribution >= 0.6 is 34.2 Å². The number of benzene rings is 2. The molecule has 0 aliphatic rings. The van der Waals surface area contributed by atoms with Crippen molar-refractivity contribution >= 4 is 51.7 Å². The number of hydrogen-bond donors (Lipinski definition) is 2. The highest BCUT2D eigenvalue weighted by Crippen LogP contribution is 2.19. The van der Waals surface area contributed by atoms with Gasteiger partial charge in [0.1, 0.15) is 0 Å². The summed E-state index contributed by atoms with van der Waals surface area (Å²) in [5.41, 5.74) is 7.14. The lowest BCUT2D eigenvalue weighted by Gasteiger charge is -2.08. The van der Waals surface area contributed by atoms with Crippen LogP contribution in [0.4, 0.5) is 5.69 Å². The quantitative estimate of drug-likeness (QED) is 0.754. The lowest BCUT2D eigenvalue weighted by atomic mass is 10.1. The van der Waals surface area contributed by atoms with Crippen molar-refractivity contribution in [3.63, 3.8) is 0 Å². The van der Waals surface area contributed by atoms with E-state index in [0.717, 1.165) is 9.13 Å². The number of hydrogen-bond acceptors (Lipinski definition) is 2. The highest BCUT2D eigenvalue weighted by Gasteiger charge is 2.10. The molecule has 0 heterocycles. The normalized spacial score (nSPS) is 10.2. The third-order valence-electron chi connectivity index (χ3n) is 2.77. The van der Waals surface area contributed by atoms with E-state index < -0.39 is 0 Å². The fourth-order valence-electron chi connectivity index (χ4n) is 1.78. The number of nitrogens with two attached hydrogens (primary N) is 1. The second kappa shape index (κ2) is 6.91. The number of rotatable bonds is 4. The molecular weight excluding hydrogens is 403 g/mol. The Balaban J connectivity index is 2.10. The molecule has 0 aromatic heterocycles. The van der Waals surface area contributed by atoms with E-state index in [2.05, 4.69) is 27.9 Å². The summed E-state index contributed by atoms with van der Waals surface area (Å²) in [6.45, 7) is 0. The van der Waals surface area contributed by atoms with Gasteiger partial charge >= 0.3 is 0 Å². The number of halogens is 2. The summed E-state index contributed by atoms with van der Waals surface area (Å²) in [6, 6.07) is 12.1. The Hall–Kier alpha value is -1.60. The second-order valence-corrected chi connectivity index (χ2v) is 6.02. The minimum atomic E-state index is -0.387. The molecule has 2 aromatic carbocycles. The van der Waals surface area contributed by atoms with Crippen molar-refractivity contribution in [2.24, 2.45) is 5.73 Å². The number of primary amides is 1. The van der Waals surface area contributed by atoms with E-state index in [9.17, 15) is 9.59 Å². The van der Waals surface area contributed by atoms with Crippen LogP contribution in [0, 0.1) is 3.57 Å². The number of carbonyl (C=O) groups excluding carboxylic acids is 2. The van der Waals surface area contributed by atoms with Gasteiger partial charge in [0.2, 0.25) is 5.91 Å².